The fraction of sp³-hybridized carbons (Fsp3) is 0.481. The quantitative estimate of drug-likeness (QED) is 0.497. The first kappa shape index (κ1) is 27.8. The third-order valence-electron chi connectivity index (χ3n) is 6.51. The van der Waals surface area contributed by atoms with Gasteiger partial charge in [0.25, 0.3) is 6.47 Å². The van der Waals surface area contributed by atoms with E-state index in [0.717, 1.165) is 25.7 Å². The number of benzene rings is 2. The number of hydrogen-bond donors (Lipinski definition) is 2. The minimum atomic E-state index is -0.317. The number of halogens is 2. The summed E-state index contributed by atoms with van der Waals surface area (Å²) in [6.07, 6.45) is 5.28. The van der Waals surface area contributed by atoms with E-state index in [1.54, 1.807) is 25.1 Å². The van der Waals surface area contributed by atoms with Gasteiger partial charge in [-0.15, -0.1) is 0 Å². The summed E-state index contributed by atoms with van der Waals surface area (Å²) in [7, 11) is 1.31. The molecule has 5 nitrogen and oxygen atoms in total. The van der Waals surface area contributed by atoms with Gasteiger partial charge in [-0.05, 0) is 49.1 Å². The van der Waals surface area contributed by atoms with Crippen molar-refractivity contribution >= 4 is 29.7 Å². The van der Waals surface area contributed by atoms with Gasteiger partial charge in [-0.2, -0.15) is 0 Å². The Labute approximate surface area is 207 Å². The molecule has 1 saturated heterocycles. The molecule has 0 radical (unpaired) electrons. The van der Waals surface area contributed by atoms with E-state index in [0.29, 0.717) is 34.9 Å². The van der Waals surface area contributed by atoms with Crippen LogP contribution in [0, 0.1) is 18.7 Å². The molecule has 2 aliphatic rings. The molecule has 1 amide bonds. The van der Waals surface area contributed by atoms with Crippen molar-refractivity contribution in [2.24, 2.45) is 5.92 Å². The highest BCUT2D eigenvalue weighted by Gasteiger charge is 2.52. The molecule has 2 aromatic carbocycles. The molecule has 0 aromatic heterocycles. The monoisotopic (exact) mass is 490 g/mol. The SMILES string of the molecule is CC.COC=O.Cc1cccc(C2CNC3(CCCCC3)C2C(=O)Nc2cccc(Cl)c2)c1F. The highest BCUT2D eigenvalue weighted by atomic mass is 35.5. The Hall–Kier alpha value is -2.44. The number of rotatable bonds is 4. The third-order valence-corrected chi connectivity index (χ3v) is 6.74. The number of nitrogens with one attached hydrogen (secondary N) is 2. The van der Waals surface area contributed by atoms with Crippen molar-refractivity contribution in [1.82, 2.24) is 5.32 Å². The van der Waals surface area contributed by atoms with E-state index in [1.165, 1.54) is 13.5 Å². The lowest BCUT2D eigenvalue weighted by atomic mass is 9.69. The highest BCUT2D eigenvalue weighted by molar-refractivity contribution is 6.30. The standard InChI is InChI=1S/C23H26ClFN2O.C2H4O2.C2H6/c1-15-7-5-10-18(21(15)25)19-14-26-23(11-3-2-4-12-23)20(19)22(28)27-17-9-6-8-16(24)13-17;1-4-2-3;1-2/h5-10,13,19-20,26H,2-4,11-12,14H2,1H3,(H,27,28);2H,1H3;1-2H3. The van der Waals surface area contributed by atoms with Crippen LogP contribution < -0.4 is 10.6 Å². The van der Waals surface area contributed by atoms with E-state index in [4.69, 9.17) is 16.4 Å². The predicted molar refractivity (Wildman–Crippen MR) is 136 cm³/mol. The Morgan fingerprint density at radius 1 is 1.18 bits per heavy atom. The number of amides is 1. The fourth-order valence-electron chi connectivity index (χ4n) is 5.06. The number of carbonyl (C=O) groups is 2. The second-order valence-electron chi connectivity index (χ2n) is 8.49. The van der Waals surface area contributed by atoms with Crippen molar-refractivity contribution in [3.8, 4) is 0 Å². The number of methoxy groups -OCH3 is 1. The van der Waals surface area contributed by atoms with Crippen LogP contribution in [-0.2, 0) is 14.3 Å². The van der Waals surface area contributed by atoms with Gasteiger partial charge in [0.1, 0.15) is 5.82 Å². The zero-order valence-corrected chi connectivity index (χ0v) is 21.3. The smallest absolute Gasteiger partial charge is 0.292 e. The highest BCUT2D eigenvalue weighted by Crippen LogP contribution is 2.47. The van der Waals surface area contributed by atoms with Gasteiger partial charge >= 0.3 is 0 Å². The van der Waals surface area contributed by atoms with Gasteiger partial charge in [0.05, 0.1) is 13.0 Å². The van der Waals surface area contributed by atoms with Crippen LogP contribution in [0.1, 0.15) is 63.0 Å². The number of aryl methyl sites for hydroxylation is 1. The van der Waals surface area contributed by atoms with Crippen molar-refractivity contribution < 1.29 is 18.7 Å². The molecule has 4 rings (SSSR count). The van der Waals surface area contributed by atoms with Crippen LogP contribution in [0.25, 0.3) is 0 Å². The molecular formula is C27H36ClFN2O3. The molecule has 0 bridgehead atoms. The minimum Gasteiger partial charge on any atom is -0.471 e. The average molecular weight is 491 g/mol. The Kier molecular flexibility index (Phi) is 11.0. The van der Waals surface area contributed by atoms with E-state index < -0.39 is 0 Å². The van der Waals surface area contributed by atoms with E-state index in [-0.39, 0.29) is 29.1 Å². The first-order chi connectivity index (χ1) is 16.4. The van der Waals surface area contributed by atoms with Gasteiger partial charge in [0.15, 0.2) is 0 Å². The van der Waals surface area contributed by atoms with Crippen LogP contribution in [-0.4, -0.2) is 31.6 Å². The zero-order valence-electron chi connectivity index (χ0n) is 20.5. The first-order valence-electron chi connectivity index (χ1n) is 11.9. The van der Waals surface area contributed by atoms with Gasteiger partial charge < -0.3 is 15.4 Å². The molecule has 1 spiro atoms. The molecule has 2 aromatic rings. The largest absolute Gasteiger partial charge is 0.471 e. The number of carbonyl (C=O) groups excluding carboxylic acids is 2. The van der Waals surface area contributed by atoms with Crippen LogP contribution in [0.2, 0.25) is 5.02 Å². The van der Waals surface area contributed by atoms with E-state index in [9.17, 15) is 9.18 Å². The van der Waals surface area contributed by atoms with Gasteiger partial charge in [0, 0.05) is 28.7 Å². The molecule has 186 valence electrons. The lowest BCUT2D eigenvalue weighted by Gasteiger charge is -2.39. The summed E-state index contributed by atoms with van der Waals surface area (Å²) < 4.78 is 18.8. The average Bonchev–Trinajstić information content (AvgIpc) is 3.20. The predicted octanol–water partition coefficient (Wildman–Crippen LogP) is 6.25. The second-order valence-corrected chi connectivity index (χ2v) is 8.93. The number of ether oxygens (including phenoxy) is 1. The van der Waals surface area contributed by atoms with Crippen LogP contribution in [0.15, 0.2) is 42.5 Å². The van der Waals surface area contributed by atoms with Gasteiger partial charge in [-0.1, -0.05) is 69.0 Å². The maximum absolute atomic E-state index is 14.9. The summed E-state index contributed by atoms with van der Waals surface area (Å²) in [6, 6.07) is 12.7. The zero-order chi connectivity index (χ0) is 25.1. The van der Waals surface area contributed by atoms with Gasteiger partial charge in [0.2, 0.25) is 5.91 Å². The Morgan fingerprint density at radius 3 is 2.44 bits per heavy atom. The lowest BCUT2D eigenvalue weighted by Crippen LogP contribution is -2.50. The second kappa shape index (κ2) is 13.4. The topological polar surface area (TPSA) is 67.4 Å². The van der Waals surface area contributed by atoms with Crippen molar-refractivity contribution in [2.75, 3.05) is 19.0 Å². The van der Waals surface area contributed by atoms with Crippen molar-refractivity contribution in [3.05, 3.63) is 64.4 Å². The molecule has 2 unspecified atom stereocenters. The molecule has 34 heavy (non-hydrogen) atoms. The summed E-state index contributed by atoms with van der Waals surface area (Å²) >= 11 is 6.08. The maximum atomic E-state index is 14.9. The Bertz CT molecular complexity index is 947. The molecule has 7 heteroatoms. The number of anilines is 1. The summed E-state index contributed by atoms with van der Waals surface area (Å²) in [4.78, 5) is 22.4. The molecule has 1 aliphatic heterocycles. The summed E-state index contributed by atoms with van der Waals surface area (Å²) in [5.41, 5.74) is 1.68. The summed E-state index contributed by atoms with van der Waals surface area (Å²) in [5, 5.41) is 7.27. The van der Waals surface area contributed by atoms with Crippen LogP contribution in [0.3, 0.4) is 0 Å². The summed E-state index contributed by atoms with van der Waals surface area (Å²) in [6.45, 7) is 6.77. The first-order valence-corrected chi connectivity index (χ1v) is 12.3. The van der Waals surface area contributed by atoms with E-state index in [1.807, 2.05) is 38.1 Å². The minimum absolute atomic E-state index is 0.0555. The third kappa shape index (κ3) is 6.57. The van der Waals surface area contributed by atoms with Crippen LogP contribution >= 0.6 is 11.6 Å². The molecule has 1 heterocycles. The van der Waals surface area contributed by atoms with E-state index in [2.05, 4.69) is 15.4 Å². The van der Waals surface area contributed by atoms with Crippen molar-refractivity contribution in [3.63, 3.8) is 0 Å². The molecule has 1 aliphatic carbocycles. The van der Waals surface area contributed by atoms with Crippen molar-refractivity contribution in [2.45, 2.75) is 64.3 Å². The van der Waals surface area contributed by atoms with E-state index >= 15 is 0 Å². The molecule has 2 atom stereocenters. The van der Waals surface area contributed by atoms with Gasteiger partial charge in [-0.25, -0.2) is 4.39 Å². The van der Waals surface area contributed by atoms with Gasteiger partial charge in [-0.3, -0.25) is 9.59 Å². The molecule has 2 N–H and O–H groups in total. The summed E-state index contributed by atoms with van der Waals surface area (Å²) in [5.74, 6) is -0.747. The normalized spacial score (nSPS) is 20.3. The lowest BCUT2D eigenvalue weighted by molar-refractivity contribution is -0.126. The maximum Gasteiger partial charge on any atom is 0.292 e. The van der Waals surface area contributed by atoms with Crippen LogP contribution in [0.4, 0.5) is 10.1 Å². The fourth-order valence-corrected chi connectivity index (χ4v) is 5.25. The Morgan fingerprint density at radius 2 is 1.82 bits per heavy atom. The number of hydrogen-bond acceptors (Lipinski definition) is 4. The molecule has 1 saturated carbocycles. The molecular weight excluding hydrogens is 455 g/mol. The van der Waals surface area contributed by atoms with Crippen LogP contribution in [0.5, 0.6) is 0 Å². The Balaban J connectivity index is 0.000000618. The molecule has 2 fully saturated rings. The van der Waals surface area contributed by atoms with Crippen molar-refractivity contribution in [1.29, 1.82) is 0 Å².